The van der Waals surface area contributed by atoms with Crippen molar-refractivity contribution in [2.75, 3.05) is 23.9 Å². The summed E-state index contributed by atoms with van der Waals surface area (Å²) in [5.41, 5.74) is 4.58. The van der Waals surface area contributed by atoms with Crippen LogP contribution < -0.4 is 5.32 Å². The van der Waals surface area contributed by atoms with Gasteiger partial charge in [-0.25, -0.2) is 14.8 Å². The van der Waals surface area contributed by atoms with E-state index in [2.05, 4.69) is 10.3 Å². The Bertz CT molecular complexity index is 1170. The van der Waals surface area contributed by atoms with Gasteiger partial charge in [0.15, 0.2) is 5.16 Å². The summed E-state index contributed by atoms with van der Waals surface area (Å²) in [5.74, 6) is -0.245. The molecule has 1 aliphatic carbocycles. The lowest BCUT2D eigenvalue weighted by Crippen LogP contribution is -2.14. The molecule has 32 heavy (non-hydrogen) atoms. The molecule has 0 saturated heterocycles. The molecule has 1 amide bonds. The van der Waals surface area contributed by atoms with Crippen molar-refractivity contribution in [2.24, 2.45) is 0 Å². The number of aryl methyl sites for hydroxylation is 1. The zero-order valence-corrected chi connectivity index (χ0v) is 20.6. The molecule has 0 fully saturated rings. The number of amides is 1. The molecule has 1 aromatic carbocycles. The molecule has 4 rings (SSSR count). The highest BCUT2D eigenvalue weighted by atomic mass is 35.5. The first kappa shape index (κ1) is 23.1. The molecule has 1 N–H and O–H groups in total. The standard InChI is InChI=1S/C22H20ClN3O3S3/c1-3-29-20(28)19-15-9-4-12-10-24-22(26-18(12)17(15)21(30-2)32-19)31-11-16(27)25-14-7-5-13(23)6-8-14/h5-8,10H,3-4,9,11H2,1-2H3,(H,25,27). The van der Waals surface area contributed by atoms with Gasteiger partial charge < -0.3 is 10.1 Å². The van der Waals surface area contributed by atoms with Crippen LogP contribution in [0.25, 0.3) is 11.3 Å². The second-order valence-electron chi connectivity index (χ2n) is 6.87. The van der Waals surface area contributed by atoms with E-state index < -0.39 is 0 Å². The number of fused-ring (bicyclic) bond motifs is 3. The van der Waals surface area contributed by atoms with Crippen molar-refractivity contribution in [3.05, 3.63) is 51.5 Å². The summed E-state index contributed by atoms with van der Waals surface area (Å²) in [5, 5.41) is 3.98. The first-order chi connectivity index (χ1) is 15.5. The average molecular weight is 506 g/mol. The molecule has 2 heterocycles. The summed E-state index contributed by atoms with van der Waals surface area (Å²) in [6.45, 7) is 2.15. The molecule has 0 radical (unpaired) electrons. The Morgan fingerprint density at radius 1 is 1.25 bits per heavy atom. The second-order valence-corrected chi connectivity index (χ2v) is 10.3. The number of hydrogen-bond donors (Lipinski definition) is 1. The summed E-state index contributed by atoms with van der Waals surface area (Å²) in [6, 6.07) is 6.96. The summed E-state index contributed by atoms with van der Waals surface area (Å²) in [4.78, 5) is 34.7. The number of benzene rings is 1. The maximum Gasteiger partial charge on any atom is 0.348 e. The number of hydrogen-bond acceptors (Lipinski definition) is 8. The Labute approximate surface area is 203 Å². The third-order valence-electron chi connectivity index (χ3n) is 4.80. The first-order valence-electron chi connectivity index (χ1n) is 9.91. The maximum atomic E-state index is 12.5. The fraction of sp³-hybridized carbons (Fsp3) is 0.273. The van der Waals surface area contributed by atoms with Gasteiger partial charge >= 0.3 is 5.97 Å². The van der Waals surface area contributed by atoms with Gasteiger partial charge in [-0.05, 0) is 61.4 Å². The number of aromatic nitrogens is 2. The normalized spacial score (nSPS) is 12.1. The third-order valence-corrected chi connectivity index (χ3v) is 8.25. The number of nitrogens with one attached hydrogen (secondary N) is 1. The molecule has 0 bridgehead atoms. The van der Waals surface area contributed by atoms with Crippen LogP contribution >= 0.6 is 46.5 Å². The van der Waals surface area contributed by atoms with E-state index in [9.17, 15) is 9.59 Å². The van der Waals surface area contributed by atoms with Gasteiger partial charge in [0.2, 0.25) is 5.91 Å². The second kappa shape index (κ2) is 10.2. The van der Waals surface area contributed by atoms with Crippen molar-refractivity contribution >= 4 is 64.0 Å². The quantitative estimate of drug-likeness (QED) is 0.255. The molecule has 3 aromatic rings. The molecule has 0 saturated carbocycles. The number of carbonyl (C=O) groups excluding carboxylic acids is 2. The Hall–Kier alpha value is -2.07. The van der Waals surface area contributed by atoms with Crippen LogP contribution in [0.15, 0.2) is 39.8 Å². The van der Waals surface area contributed by atoms with Crippen molar-refractivity contribution in [2.45, 2.75) is 29.1 Å². The van der Waals surface area contributed by atoms with Gasteiger partial charge in [0, 0.05) is 22.5 Å². The summed E-state index contributed by atoms with van der Waals surface area (Å²) >= 11 is 10.2. The van der Waals surface area contributed by atoms with Crippen LogP contribution in [0.2, 0.25) is 5.02 Å². The minimum Gasteiger partial charge on any atom is -0.462 e. The van der Waals surface area contributed by atoms with Crippen molar-refractivity contribution in [3.8, 4) is 11.3 Å². The minimum atomic E-state index is -0.278. The molecule has 10 heteroatoms. The summed E-state index contributed by atoms with van der Waals surface area (Å²) < 4.78 is 6.30. The number of halogens is 1. The molecular weight excluding hydrogens is 486 g/mol. The fourth-order valence-electron chi connectivity index (χ4n) is 3.41. The maximum absolute atomic E-state index is 12.5. The van der Waals surface area contributed by atoms with Gasteiger partial charge in [-0.1, -0.05) is 23.4 Å². The monoisotopic (exact) mass is 505 g/mol. The van der Waals surface area contributed by atoms with E-state index in [4.69, 9.17) is 21.3 Å². The molecular formula is C22H20ClN3O3S3. The van der Waals surface area contributed by atoms with E-state index >= 15 is 0 Å². The average Bonchev–Trinajstić information content (AvgIpc) is 3.19. The smallest absolute Gasteiger partial charge is 0.348 e. The topological polar surface area (TPSA) is 81.2 Å². The molecule has 166 valence electrons. The lowest BCUT2D eigenvalue weighted by molar-refractivity contribution is -0.113. The Balaban J connectivity index is 1.54. The van der Waals surface area contributed by atoms with E-state index in [1.165, 1.54) is 23.1 Å². The van der Waals surface area contributed by atoms with Crippen molar-refractivity contribution < 1.29 is 14.3 Å². The van der Waals surface area contributed by atoms with Gasteiger partial charge in [-0.2, -0.15) is 0 Å². The van der Waals surface area contributed by atoms with Gasteiger partial charge in [-0.3, -0.25) is 4.79 Å². The van der Waals surface area contributed by atoms with Crippen LogP contribution in [0.5, 0.6) is 0 Å². The number of thioether (sulfide) groups is 2. The molecule has 0 aliphatic heterocycles. The third kappa shape index (κ3) is 4.96. The summed E-state index contributed by atoms with van der Waals surface area (Å²) in [6.07, 6.45) is 5.35. The van der Waals surface area contributed by atoms with Gasteiger partial charge in [0.1, 0.15) is 4.88 Å². The molecule has 0 unspecified atom stereocenters. The number of thiophene rings is 1. The number of ether oxygens (including phenoxy) is 1. The first-order valence-corrected chi connectivity index (χ1v) is 13.3. The number of rotatable bonds is 7. The predicted octanol–water partition coefficient (Wildman–Crippen LogP) is 5.59. The molecule has 6 nitrogen and oxygen atoms in total. The minimum absolute atomic E-state index is 0.149. The highest BCUT2D eigenvalue weighted by molar-refractivity contribution is 8.00. The van der Waals surface area contributed by atoms with E-state index in [1.54, 1.807) is 36.0 Å². The number of carbonyl (C=O) groups is 2. The SMILES string of the molecule is CCOC(=O)c1sc(SC)c2c1CCc1cnc(SCC(=O)Nc3ccc(Cl)cc3)nc1-2. The van der Waals surface area contributed by atoms with Crippen LogP contribution in [0.3, 0.4) is 0 Å². The zero-order chi connectivity index (χ0) is 22.7. The highest BCUT2D eigenvalue weighted by Gasteiger charge is 2.30. The van der Waals surface area contributed by atoms with Crippen LogP contribution in [-0.4, -0.2) is 40.5 Å². The molecule has 2 aromatic heterocycles. The van der Waals surface area contributed by atoms with Gasteiger partial charge in [0.05, 0.1) is 22.3 Å². The van der Waals surface area contributed by atoms with E-state index in [0.29, 0.717) is 27.4 Å². The van der Waals surface area contributed by atoms with E-state index in [-0.39, 0.29) is 17.6 Å². The fourth-order valence-corrected chi connectivity index (χ4v) is 6.13. The van der Waals surface area contributed by atoms with Crippen LogP contribution in [-0.2, 0) is 22.4 Å². The molecule has 1 aliphatic rings. The van der Waals surface area contributed by atoms with Gasteiger partial charge in [-0.15, -0.1) is 23.1 Å². The Morgan fingerprint density at radius 3 is 2.75 bits per heavy atom. The van der Waals surface area contributed by atoms with Crippen molar-refractivity contribution in [1.82, 2.24) is 9.97 Å². The number of nitrogens with zero attached hydrogens (tertiary/aromatic N) is 2. The number of esters is 1. The summed E-state index contributed by atoms with van der Waals surface area (Å²) in [7, 11) is 0. The lowest BCUT2D eigenvalue weighted by Gasteiger charge is -2.17. The van der Waals surface area contributed by atoms with E-state index in [0.717, 1.165) is 39.4 Å². The predicted molar refractivity (Wildman–Crippen MR) is 131 cm³/mol. The lowest BCUT2D eigenvalue weighted by atomic mass is 9.91. The van der Waals surface area contributed by atoms with Crippen LogP contribution in [0.4, 0.5) is 5.69 Å². The highest BCUT2D eigenvalue weighted by Crippen LogP contribution is 2.46. The van der Waals surface area contributed by atoms with E-state index in [1.807, 2.05) is 19.4 Å². The van der Waals surface area contributed by atoms with Crippen LogP contribution in [0, 0.1) is 0 Å². The Kier molecular flexibility index (Phi) is 7.40. The molecule has 0 spiro atoms. The van der Waals surface area contributed by atoms with Crippen LogP contribution in [0.1, 0.15) is 27.7 Å². The van der Waals surface area contributed by atoms with Crippen molar-refractivity contribution in [3.63, 3.8) is 0 Å². The Morgan fingerprint density at radius 2 is 2.03 bits per heavy atom. The number of anilines is 1. The zero-order valence-electron chi connectivity index (χ0n) is 17.4. The van der Waals surface area contributed by atoms with Gasteiger partial charge in [0.25, 0.3) is 0 Å². The largest absolute Gasteiger partial charge is 0.462 e. The van der Waals surface area contributed by atoms with Crippen molar-refractivity contribution in [1.29, 1.82) is 0 Å². The molecule has 0 atom stereocenters.